The third-order valence-corrected chi connectivity index (χ3v) is 4.80. The monoisotopic (exact) mass is 310 g/mol. The molecule has 2 aliphatic rings. The Balaban J connectivity index is 1.58. The van der Waals surface area contributed by atoms with Crippen molar-refractivity contribution in [1.82, 2.24) is 9.80 Å². The average Bonchev–Trinajstić information content (AvgIpc) is 2.86. The van der Waals surface area contributed by atoms with Crippen LogP contribution in [-0.2, 0) is 6.54 Å². The summed E-state index contributed by atoms with van der Waals surface area (Å²) < 4.78 is 27.0. The van der Waals surface area contributed by atoms with Crippen LogP contribution in [0.5, 0.6) is 0 Å². The quantitative estimate of drug-likeness (QED) is 0.925. The molecule has 2 saturated heterocycles. The standard InChI is InChI=1S/C17H24F2N2O/c18-15-6-4-5-14(16(15)19)11-21-10-7-17(22,13-21)12-20-8-2-1-3-9-20/h4-6,22H,1-3,7-13H2. The molecule has 3 nitrogen and oxygen atoms in total. The first-order valence-corrected chi connectivity index (χ1v) is 8.16. The molecule has 5 heteroatoms. The molecule has 0 amide bonds. The van der Waals surface area contributed by atoms with Crippen LogP contribution in [0.25, 0.3) is 0 Å². The number of halogens is 2. The molecule has 1 unspecified atom stereocenters. The van der Waals surface area contributed by atoms with Gasteiger partial charge in [0.1, 0.15) is 0 Å². The van der Waals surface area contributed by atoms with E-state index >= 15 is 0 Å². The molecule has 0 radical (unpaired) electrons. The van der Waals surface area contributed by atoms with Crippen LogP contribution in [0.3, 0.4) is 0 Å². The van der Waals surface area contributed by atoms with Crippen LogP contribution in [-0.4, -0.2) is 53.2 Å². The van der Waals surface area contributed by atoms with E-state index in [1.807, 2.05) is 4.90 Å². The molecule has 1 aromatic carbocycles. The van der Waals surface area contributed by atoms with Gasteiger partial charge in [-0.1, -0.05) is 18.6 Å². The minimum absolute atomic E-state index is 0.353. The number of hydrogen-bond donors (Lipinski definition) is 1. The lowest BCUT2D eigenvalue weighted by Crippen LogP contribution is -2.46. The van der Waals surface area contributed by atoms with Gasteiger partial charge < -0.3 is 10.0 Å². The average molecular weight is 310 g/mol. The Bertz CT molecular complexity index is 519. The van der Waals surface area contributed by atoms with Crippen LogP contribution in [0, 0.1) is 11.6 Å². The Morgan fingerprint density at radius 1 is 1.05 bits per heavy atom. The summed E-state index contributed by atoms with van der Waals surface area (Å²) >= 11 is 0. The van der Waals surface area contributed by atoms with Crippen LogP contribution < -0.4 is 0 Å². The molecule has 2 aliphatic heterocycles. The van der Waals surface area contributed by atoms with Crippen molar-refractivity contribution in [2.45, 2.75) is 37.8 Å². The van der Waals surface area contributed by atoms with E-state index in [0.717, 1.165) is 25.7 Å². The number of likely N-dealkylation sites (tertiary alicyclic amines) is 2. The van der Waals surface area contributed by atoms with Gasteiger partial charge in [0.25, 0.3) is 0 Å². The van der Waals surface area contributed by atoms with Crippen molar-refractivity contribution >= 4 is 0 Å². The van der Waals surface area contributed by atoms with Crippen molar-refractivity contribution in [2.24, 2.45) is 0 Å². The van der Waals surface area contributed by atoms with Crippen molar-refractivity contribution in [3.8, 4) is 0 Å². The molecule has 0 aliphatic carbocycles. The number of aliphatic hydroxyl groups is 1. The van der Waals surface area contributed by atoms with Crippen molar-refractivity contribution in [3.63, 3.8) is 0 Å². The lowest BCUT2D eigenvalue weighted by Gasteiger charge is -2.33. The van der Waals surface area contributed by atoms with E-state index < -0.39 is 17.2 Å². The number of nitrogens with zero attached hydrogens (tertiary/aromatic N) is 2. The predicted octanol–water partition coefficient (Wildman–Crippen LogP) is 2.39. The van der Waals surface area contributed by atoms with E-state index in [4.69, 9.17) is 0 Å². The Morgan fingerprint density at radius 2 is 1.82 bits per heavy atom. The Kier molecular flexibility index (Phi) is 4.76. The second-order valence-electron chi connectivity index (χ2n) is 6.73. The summed E-state index contributed by atoms with van der Waals surface area (Å²) in [5.74, 6) is -1.57. The zero-order chi connectivity index (χ0) is 15.6. The second-order valence-corrected chi connectivity index (χ2v) is 6.73. The summed E-state index contributed by atoms with van der Waals surface area (Å²) in [6.07, 6.45) is 4.38. The van der Waals surface area contributed by atoms with Crippen LogP contribution in [0.15, 0.2) is 18.2 Å². The lowest BCUT2D eigenvalue weighted by molar-refractivity contribution is 0.00627. The molecular weight excluding hydrogens is 286 g/mol. The van der Waals surface area contributed by atoms with E-state index in [2.05, 4.69) is 4.90 Å². The molecule has 2 fully saturated rings. The first kappa shape index (κ1) is 15.8. The SMILES string of the molecule is OC1(CN2CCCCC2)CCN(Cc2cccc(F)c2F)C1. The molecule has 0 bridgehead atoms. The summed E-state index contributed by atoms with van der Waals surface area (Å²) in [5.41, 5.74) is -0.358. The van der Waals surface area contributed by atoms with Gasteiger partial charge in [-0.05, 0) is 38.4 Å². The maximum absolute atomic E-state index is 13.7. The van der Waals surface area contributed by atoms with Gasteiger partial charge in [-0.3, -0.25) is 4.90 Å². The molecule has 22 heavy (non-hydrogen) atoms. The van der Waals surface area contributed by atoms with Crippen LogP contribution in [0.2, 0.25) is 0 Å². The normalized spacial score (nSPS) is 27.4. The minimum atomic E-state index is -0.805. The first-order chi connectivity index (χ1) is 10.6. The molecular formula is C17H24F2N2O. The Morgan fingerprint density at radius 3 is 2.59 bits per heavy atom. The van der Waals surface area contributed by atoms with Gasteiger partial charge in [-0.15, -0.1) is 0 Å². The lowest BCUT2D eigenvalue weighted by atomic mass is 10.0. The number of hydrogen-bond acceptors (Lipinski definition) is 3. The Hall–Kier alpha value is -1.04. The van der Waals surface area contributed by atoms with E-state index in [1.54, 1.807) is 6.07 Å². The topological polar surface area (TPSA) is 26.7 Å². The molecule has 0 saturated carbocycles. The molecule has 0 spiro atoms. The van der Waals surface area contributed by atoms with Gasteiger partial charge in [0, 0.05) is 31.7 Å². The predicted molar refractivity (Wildman–Crippen MR) is 81.5 cm³/mol. The highest BCUT2D eigenvalue weighted by Gasteiger charge is 2.37. The third kappa shape index (κ3) is 3.65. The van der Waals surface area contributed by atoms with Crippen LogP contribution >= 0.6 is 0 Å². The molecule has 2 heterocycles. The minimum Gasteiger partial charge on any atom is -0.387 e. The van der Waals surface area contributed by atoms with E-state index in [0.29, 0.717) is 31.6 Å². The van der Waals surface area contributed by atoms with Crippen molar-refractivity contribution in [1.29, 1.82) is 0 Å². The van der Waals surface area contributed by atoms with E-state index in [1.165, 1.54) is 25.3 Å². The number of piperidine rings is 1. The summed E-state index contributed by atoms with van der Waals surface area (Å²) in [4.78, 5) is 4.34. The van der Waals surface area contributed by atoms with Gasteiger partial charge in [0.2, 0.25) is 0 Å². The smallest absolute Gasteiger partial charge is 0.163 e. The zero-order valence-electron chi connectivity index (χ0n) is 12.9. The van der Waals surface area contributed by atoms with Gasteiger partial charge >= 0.3 is 0 Å². The molecule has 3 rings (SSSR count). The molecule has 1 N–H and O–H groups in total. The van der Waals surface area contributed by atoms with Crippen molar-refractivity contribution in [3.05, 3.63) is 35.4 Å². The largest absolute Gasteiger partial charge is 0.387 e. The molecule has 122 valence electrons. The van der Waals surface area contributed by atoms with Crippen LogP contribution in [0.1, 0.15) is 31.2 Å². The molecule has 1 atom stereocenters. The van der Waals surface area contributed by atoms with Crippen molar-refractivity contribution < 1.29 is 13.9 Å². The summed E-state index contributed by atoms with van der Waals surface area (Å²) in [6, 6.07) is 4.28. The fraction of sp³-hybridized carbons (Fsp3) is 0.647. The number of benzene rings is 1. The highest BCUT2D eigenvalue weighted by molar-refractivity contribution is 5.19. The van der Waals surface area contributed by atoms with Gasteiger partial charge in [-0.25, -0.2) is 8.78 Å². The highest BCUT2D eigenvalue weighted by Crippen LogP contribution is 2.26. The fourth-order valence-corrected chi connectivity index (χ4v) is 3.65. The number of β-amino-alcohol motifs (C(OH)–C–C–N with tert-alkyl or cyclic N) is 1. The van der Waals surface area contributed by atoms with Crippen LogP contribution in [0.4, 0.5) is 8.78 Å². The maximum atomic E-state index is 13.7. The molecule has 1 aromatic rings. The highest BCUT2D eigenvalue weighted by atomic mass is 19.2. The Labute approximate surface area is 130 Å². The third-order valence-electron chi connectivity index (χ3n) is 4.80. The number of rotatable bonds is 4. The van der Waals surface area contributed by atoms with E-state index in [-0.39, 0.29) is 0 Å². The maximum Gasteiger partial charge on any atom is 0.163 e. The first-order valence-electron chi connectivity index (χ1n) is 8.16. The van der Waals surface area contributed by atoms with Gasteiger partial charge in [-0.2, -0.15) is 0 Å². The molecule has 0 aromatic heterocycles. The second kappa shape index (κ2) is 6.60. The van der Waals surface area contributed by atoms with E-state index in [9.17, 15) is 13.9 Å². The van der Waals surface area contributed by atoms with Crippen molar-refractivity contribution in [2.75, 3.05) is 32.7 Å². The van der Waals surface area contributed by atoms with Gasteiger partial charge in [0.05, 0.1) is 5.60 Å². The summed E-state index contributed by atoms with van der Waals surface area (Å²) in [5, 5.41) is 10.8. The summed E-state index contributed by atoms with van der Waals surface area (Å²) in [7, 11) is 0. The zero-order valence-corrected chi connectivity index (χ0v) is 12.9. The fourth-order valence-electron chi connectivity index (χ4n) is 3.65. The van der Waals surface area contributed by atoms with Gasteiger partial charge in [0.15, 0.2) is 11.6 Å². The summed E-state index contributed by atoms with van der Waals surface area (Å²) in [6.45, 7) is 4.41.